The molecule has 0 saturated heterocycles. The Balaban J connectivity index is 3.18. The van der Waals surface area contributed by atoms with Gasteiger partial charge in [0, 0.05) is 13.0 Å². The van der Waals surface area contributed by atoms with Crippen molar-refractivity contribution in [3.63, 3.8) is 0 Å². The molecule has 150 valence electrons. The molecule has 0 aromatic rings. The maximum atomic E-state index is 11.8. The van der Waals surface area contributed by atoms with Crippen molar-refractivity contribution in [2.24, 2.45) is 11.8 Å². The Bertz CT molecular complexity index is 286. The number of unbranched alkanes of at least 4 members (excludes halogenated alkanes) is 10. The molecule has 0 fully saturated rings. The third-order valence-electron chi connectivity index (χ3n) is 4.97. The first kappa shape index (κ1) is 24.5. The lowest BCUT2D eigenvalue weighted by Crippen LogP contribution is -2.23. The molecule has 2 heteroatoms. The minimum Gasteiger partial charge on any atom is -0.356 e. The highest BCUT2D eigenvalue weighted by atomic mass is 16.1. The number of hydrogen-bond acceptors (Lipinski definition) is 1. The van der Waals surface area contributed by atoms with E-state index in [-0.39, 0.29) is 5.91 Å². The van der Waals surface area contributed by atoms with Crippen LogP contribution < -0.4 is 5.32 Å². The second-order valence-corrected chi connectivity index (χ2v) is 8.71. The first-order valence-electron chi connectivity index (χ1n) is 11.3. The van der Waals surface area contributed by atoms with E-state index in [4.69, 9.17) is 0 Å². The molecule has 2 nitrogen and oxygen atoms in total. The lowest BCUT2D eigenvalue weighted by atomic mass is 10.0. The summed E-state index contributed by atoms with van der Waals surface area (Å²) < 4.78 is 0. The van der Waals surface area contributed by atoms with Crippen LogP contribution in [-0.4, -0.2) is 12.5 Å². The molecule has 0 aliphatic rings. The monoisotopic (exact) mass is 353 g/mol. The van der Waals surface area contributed by atoms with Crippen LogP contribution in [0.25, 0.3) is 0 Å². The molecule has 0 spiro atoms. The molecule has 0 atom stereocenters. The van der Waals surface area contributed by atoms with Crippen LogP contribution >= 0.6 is 0 Å². The predicted molar refractivity (Wildman–Crippen MR) is 112 cm³/mol. The van der Waals surface area contributed by atoms with Crippen LogP contribution in [0.3, 0.4) is 0 Å². The standard InChI is InChI=1S/C23H47NO/c1-21(2)17-13-9-7-5-6-8-10-15-19-23(25)24-20-16-12-11-14-18-22(3)4/h21-22H,5-20H2,1-4H3,(H,24,25). The number of nitrogens with one attached hydrogen (secondary N) is 1. The zero-order valence-electron chi connectivity index (χ0n) is 17.9. The summed E-state index contributed by atoms with van der Waals surface area (Å²) in [4.78, 5) is 11.8. The lowest BCUT2D eigenvalue weighted by molar-refractivity contribution is -0.121. The fourth-order valence-electron chi connectivity index (χ4n) is 3.25. The van der Waals surface area contributed by atoms with E-state index in [1.54, 1.807) is 0 Å². The summed E-state index contributed by atoms with van der Waals surface area (Å²) in [6, 6.07) is 0. The number of hydrogen-bond donors (Lipinski definition) is 1. The van der Waals surface area contributed by atoms with Crippen LogP contribution in [0.15, 0.2) is 0 Å². The number of carbonyl (C=O) groups excluding carboxylic acids is 1. The molecule has 1 N–H and O–H groups in total. The quantitative estimate of drug-likeness (QED) is 0.258. The maximum absolute atomic E-state index is 11.8. The van der Waals surface area contributed by atoms with Gasteiger partial charge in [-0.05, 0) is 24.7 Å². The van der Waals surface area contributed by atoms with E-state index in [2.05, 4.69) is 33.0 Å². The summed E-state index contributed by atoms with van der Waals surface area (Å²) in [5.74, 6) is 1.94. The van der Waals surface area contributed by atoms with Crippen molar-refractivity contribution < 1.29 is 4.79 Å². The molecule has 0 aromatic heterocycles. The predicted octanol–water partition coefficient (Wildman–Crippen LogP) is 7.27. The van der Waals surface area contributed by atoms with Crippen molar-refractivity contribution in [1.82, 2.24) is 5.32 Å². The molecule has 25 heavy (non-hydrogen) atoms. The smallest absolute Gasteiger partial charge is 0.219 e. The molecule has 0 unspecified atom stereocenters. The van der Waals surface area contributed by atoms with E-state index in [9.17, 15) is 4.79 Å². The molecular weight excluding hydrogens is 306 g/mol. The number of carbonyl (C=O) groups is 1. The lowest BCUT2D eigenvalue weighted by Gasteiger charge is -2.07. The van der Waals surface area contributed by atoms with Gasteiger partial charge in [0.15, 0.2) is 0 Å². The van der Waals surface area contributed by atoms with Crippen molar-refractivity contribution in [1.29, 1.82) is 0 Å². The van der Waals surface area contributed by atoms with Gasteiger partial charge in [-0.15, -0.1) is 0 Å². The van der Waals surface area contributed by atoms with E-state index in [0.717, 1.165) is 37.6 Å². The van der Waals surface area contributed by atoms with Gasteiger partial charge >= 0.3 is 0 Å². The molecule has 0 aliphatic heterocycles. The number of amides is 1. The molecule has 1 amide bonds. The summed E-state index contributed by atoms with van der Waals surface area (Å²) in [7, 11) is 0. The fraction of sp³-hybridized carbons (Fsp3) is 0.957. The van der Waals surface area contributed by atoms with Crippen LogP contribution in [0.5, 0.6) is 0 Å². The molecule has 0 bridgehead atoms. The Morgan fingerprint density at radius 2 is 1.00 bits per heavy atom. The Morgan fingerprint density at radius 3 is 1.48 bits per heavy atom. The van der Waals surface area contributed by atoms with E-state index in [1.165, 1.54) is 77.0 Å². The average molecular weight is 354 g/mol. The molecule has 0 saturated carbocycles. The van der Waals surface area contributed by atoms with Crippen LogP contribution in [-0.2, 0) is 4.79 Å². The molecule has 0 heterocycles. The Morgan fingerprint density at radius 1 is 0.600 bits per heavy atom. The van der Waals surface area contributed by atoms with Crippen LogP contribution in [0.2, 0.25) is 0 Å². The van der Waals surface area contributed by atoms with Crippen molar-refractivity contribution in [2.75, 3.05) is 6.54 Å². The first-order chi connectivity index (χ1) is 12.0. The first-order valence-corrected chi connectivity index (χ1v) is 11.3. The highest BCUT2D eigenvalue weighted by Gasteiger charge is 2.01. The van der Waals surface area contributed by atoms with Crippen molar-refractivity contribution in [2.45, 2.75) is 124 Å². The Labute approximate surface area is 158 Å². The topological polar surface area (TPSA) is 29.1 Å². The van der Waals surface area contributed by atoms with Crippen LogP contribution in [0, 0.1) is 11.8 Å². The van der Waals surface area contributed by atoms with Crippen LogP contribution in [0.4, 0.5) is 0 Å². The summed E-state index contributed by atoms with van der Waals surface area (Å²) in [5.41, 5.74) is 0. The van der Waals surface area contributed by atoms with E-state index in [0.29, 0.717) is 0 Å². The third-order valence-corrected chi connectivity index (χ3v) is 4.97. The van der Waals surface area contributed by atoms with E-state index in [1.807, 2.05) is 0 Å². The SMILES string of the molecule is CC(C)CCCCCCCCCCC(=O)NCCCCCCC(C)C. The van der Waals surface area contributed by atoms with Gasteiger partial charge in [0.05, 0.1) is 0 Å². The maximum Gasteiger partial charge on any atom is 0.219 e. The van der Waals surface area contributed by atoms with E-state index < -0.39 is 0 Å². The molecule has 0 radical (unpaired) electrons. The summed E-state index contributed by atoms with van der Waals surface area (Å²) >= 11 is 0. The highest BCUT2D eigenvalue weighted by molar-refractivity contribution is 5.75. The molecular formula is C23H47NO. The third kappa shape index (κ3) is 21.4. The van der Waals surface area contributed by atoms with Gasteiger partial charge in [0.25, 0.3) is 0 Å². The van der Waals surface area contributed by atoms with Crippen molar-refractivity contribution >= 4 is 5.91 Å². The van der Waals surface area contributed by atoms with Gasteiger partial charge in [-0.1, -0.05) is 105 Å². The van der Waals surface area contributed by atoms with Crippen molar-refractivity contribution in [3.05, 3.63) is 0 Å². The summed E-state index contributed by atoms with van der Waals surface area (Å²) in [5, 5.41) is 3.08. The summed E-state index contributed by atoms with van der Waals surface area (Å²) in [6.45, 7) is 10.1. The van der Waals surface area contributed by atoms with Crippen LogP contribution in [0.1, 0.15) is 124 Å². The Kier molecular flexibility index (Phi) is 17.9. The second-order valence-electron chi connectivity index (χ2n) is 8.71. The number of rotatable bonds is 18. The van der Waals surface area contributed by atoms with Gasteiger partial charge in [-0.2, -0.15) is 0 Å². The van der Waals surface area contributed by atoms with Gasteiger partial charge in [0.2, 0.25) is 5.91 Å². The average Bonchev–Trinajstić information content (AvgIpc) is 2.55. The minimum absolute atomic E-state index is 0.260. The van der Waals surface area contributed by atoms with E-state index >= 15 is 0 Å². The zero-order chi connectivity index (χ0) is 18.8. The molecule has 0 rings (SSSR count). The fourth-order valence-corrected chi connectivity index (χ4v) is 3.25. The largest absolute Gasteiger partial charge is 0.356 e. The minimum atomic E-state index is 0.260. The van der Waals surface area contributed by atoms with Gasteiger partial charge < -0.3 is 5.32 Å². The van der Waals surface area contributed by atoms with Gasteiger partial charge in [0.1, 0.15) is 0 Å². The molecule has 0 aliphatic carbocycles. The van der Waals surface area contributed by atoms with Gasteiger partial charge in [-0.3, -0.25) is 4.79 Å². The molecule has 0 aromatic carbocycles. The highest BCUT2D eigenvalue weighted by Crippen LogP contribution is 2.13. The second kappa shape index (κ2) is 18.3. The van der Waals surface area contributed by atoms with Gasteiger partial charge in [-0.25, -0.2) is 0 Å². The normalized spacial score (nSPS) is 11.4. The summed E-state index contributed by atoms with van der Waals surface area (Å²) in [6.07, 6.45) is 19.0. The Hall–Kier alpha value is -0.530. The van der Waals surface area contributed by atoms with Crippen molar-refractivity contribution in [3.8, 4) is 0 Å². The zero-order valence-corrected chi connectivity index (χ0v) is 17.9.